The van der Waals surface area contributed by atoms with Crippen LogP contribution in [0, 0.1) is 0 Å². The minimum absolute atomic E-state index is 0.0817. The molecule has 1 amide bonds. The Morgan fingerprint density at radius 2 is 1.69 bits per heavy atom. The Morgan fingerprint density at radius 3 is 2.45 bits per heavy atom. The number of carbonyl (C=O) groups is 2. The van der Waals surface area contributed by atoms with Crippen LogP contribution in [0.2, 0.25) is 0 Å². The highest BCUT2D eigenvalue weighted by molar-refractivity contribution is 6.00. The Balaban J connectivity index is 1.39. The third kappa shape index (κ3) is 3.88. The van der Waals surface area contributed by atoms with Crippen LogP contribution in [-0.2, 0) is 9.53 Å². The summed E-state index contributed by atoms with van der Waals surface area (Å²) in [4.78, 5) is 24.2. The fourth-order valence-electron chi connectivity index (χ4n) is 2.82. The standard InChI is InChI=1S/C20H13F2NO6/c21-20(22)28-16-6-5-13(9-17(16)29-20)23-18(25)10-27-19(26)14-7-11-3-1-2-4-12(11)8-15(14)24/h1-9,24H,10H2,(H,23,25). The van der Waals surface area contributed by atoms with Gasteiger partial charge in [0, 0.05) is 11.8 Å². The molecule has 0 saturated carbocycles. The second kappa shape index (κ2) is 6.93. The molecule has 0 unspecified atom stereocenters. The van der Waals surface area contributed by atoms with E-state index in [1.807, 2.05) is 0 Å². The lowest BCUT2D eigenvalue weighted by atomic mass is 10.1. The third-order valence-corrected chi connectivity index (χ3v) is 4.10. The zero-order valence-electron chi connectivity index (χ0n) is 14.6. The number of amides is 1. The molecule has 0 aromatic heterocycles. The van der Waals surface area contributed by atoms with E-state index in [1.54, 1.807) is 24.3 Å². The molecule has 148 valence electrons. The number of aromatic hydroxyl groups is 1. The van der Waals surface area contributed by atoms with Crippen molar-refractivity contribution in [2.45, 2.75) is 6.29 Å². The number of phenols is 1. The highest BCUT2D eigenvalue weighted by Crippen LogP contribution is 2.42. The summed E-state index contributed by atoms with van der Waals surface area (Å²) >= 11 is 0. The number of phenolic OH excluding ortho intramolecular Hbond substituents is 1. The van der Waals surface area contributed by atoms with Crippen LogP contribution in [0.5, 0.6) is 17.2 Å². The number of esters is 1. The zero-order valence-corrected chi connectivity index (χ0v) is 14.6. The Morgan fingerprint density at radius 1 is 1.00 bits per heavy atom. The van der Waals surface area contributed by atoms with Crippen LogP contribution in [0.3, 0.4) is 0 Å². The fourth-order valence-corrected chi connectivity index (χ4v) is 2.82. The molecule has 3 aromatic carbocycles. The Hall–Kier alpha value is -3.88. The molecule has 0 aliphatic carbocycles. The van der Waals surface area contributed by atoms with Crippen molar-refractivity contribution in [2.75, 3.05) is 11.9 Å². The van der Waals surface area contributed by atoms with Gasteiger partial charge in [0.25, 0.3) is 5.91 Å². The van der Waals surface area contributed by atoms with Crippen molar-refractivity contribution in [3.05, 3.63) is 60.2 Å². The lowest BCUT2D eigenvalue weighted by Gasteiger charge is -2.09. The summed E-state index contributed by atoms with van der Waals surface area (Å²) < 4.78 is 39.5. The van der Waals surface area contributed by atoms with Crippen molar-refractivity contribution in [1.82, 2.24) is 0 Å². The van der Waals surface area contributed by atoms with Crippen LogP contribution in [0.4, 0.5) is 14.5 Å². The molecule has 0 radical (unpaired) electrons. The van der Waals surface area contributed by atoms with Gasteiger partial charge in [-0.05, 0) is 35.0 Å². The molecular weight excluding hydrogens is 388 g/mol. The van der Waals surface area contributed by atoms with Crippen LogP contribution in [0.15, 0.2) is 54.6 Å². The number of halogens is 2. The molecule has 0 spiro atoms. The minimum atomic E-state index is -3.76. The van der Waals surface area contributed by atoms with Crippen LogP contribution < -0.4 is 14.8 Å². The molecule has 2 N–H and O–H groups in total. The molecule has 29 heavy (non-hydrogen) atoms. The summed E-state index contributed by atoms with van der Waals surface area (Å²) in [5.41, 5.74) is 0.0708. The van der Waals surface area contributed by atoms with Gasteiger partial charge in [-0.25, -0.2) is 4.79 Å². The lowest BCUT2D eigenvalue weighted by Crippen LogP contribution is -2.25. The molecule has 1 aliphatic rings. The zero-order chi connectivity index (χ0) is 20.6. The van der Waals surface area contributed by atoms with E-state index in [0.717, 1.165) is 16.8 Å². The monoisotopic (exact) mass is 401 g/mol. The number of hydrogen-bond donors (Lipinski definition) is 2. The number of rotatable bonds is 4. The number of nitrogens with one attached hydrogen (secondary N) is 1. The first-order valence-electron chi connectivity index (χ1n) is 8.39. The summed E-state index contributed by atoms with van der Waals surface area (Å²) in [5, 5.41) is 13.9. The van der Waals surface area contributed by atoms with Gasteiger partial charge in [0.15, 0.2) is 18.1 Å². The lowest BCUT2D eigenvalue weighted by molar-refractivity contribution is -0.286. The molecule has 1 heterocycles. The van der Waals surface area contributed by atoms with Gasteiger partial charge in [0.05, 0.1) is 0 Å². The number of alkyl halides is 2. The largest absolute Gasteiger partial charge is 0.586 e. The van der Waals surface area contributed by atoms with Gasteiger partial charge >= 0.3 is 12.3 Å². The maximum Gasteiger partial charge on any atom is 0.586 e. The average Bonchev–Trinajstić information content (AvgIpc) is 2.98. The number of benzene rings is 3. The van der Waals surface area contributed by atoms with E-state index < -0.39 is 24.8 Å². The van der Waals surface area contributed by atoms with Crippen LogP contribution >= 0.6 is 0 Å². The van der Waals surface area contributed by atoms with Crippen molar-refractivity contribution < 1.29 is 37.7 Å². The van der Waals surface area contributed by atoms with E-state index in [-0.39, 0.29) is 28.5 Å². The van der Waals surface area contributed by atoms with Crippen LogP contribution in [0.25, 0.3) is 10.8 Å². The molecule has 0 fully saturated rings. The van der Waals surface area contributed by atoms with Gasteiger partial charge in [-0.2, -0.15) is 0 Å². The van der Waals surface area contributed by atoms with Crippen molar-refractivity contribution >= 4 is 28.3 Å². The van der Waals surface area contributed by atoms with E-state index in [2.05, 4.69) is 14.8 Å². The van der Waals surface area contributed by atoms with Crippen LogP contribution in [0.1, 0.15) is 10.4 Å². The Bertz CT molecular complexity index is 1130. The molecule has 0 saturated heterocycles. The van der Waals surface area contributed by atoms with Crippen LogP contribution in [-0.4, -0.2) is 29.9 Å². The normalized spacial score (nSPS) is 13.9. The molecular formula is C20H13F2NO6. The first kappa shape index (κ1) is 18.5. The van der Waals surface area contributed by atoms with Gasteiger partial charge in [0.2, 0.25) is 0 Å². The summed E-state index contributed by atoms with van der Waals surface area (Å²) in [5.74, 6) is -2.25. The van der Waals surface area contributed by atoms with E-state index in [4.69, 9.17) is 4.74 Å². The van der Waals surface area contributed by atoms with Crippen molar-refractivity contribution in [1.29, 1.82) is 0 Å². The molecule has 3 aromatic rings. The minimum Gasteiger partial charge on any atom is -0.507 e. The molecule has 0 bridgehead atoms. The maximum atomic E-state index is 13.0. The van der Waals surface area contributed by atoms with Gasteiger partial charge in [0.1, 0.15) is 11.3 Å². The SMILES string of the molecule is O=C(COC(=O)c1cc2ccccc2cc1O)Nc1ccc2c(c1)OC(F)(F)O2. The van der Waals surface area contributed by atoms with E-state index in [0.29, 0.717) is 0 Å². The molecule has 9 heteroatoms. The maximum absolute atomic E-state index is 13.0. The van der Waals surface area contributed by atoms with E-state index in [1.165, 1.54) is 24.3 Å². The van der Waals surface area contributed by atoms with Gasteiger partial charge in [-0.3, -0.25) is 4.79 Å². The third-order valence-electron chi connectivity index (χ3n) is 4.10. The first-order valence-corrected chi connectivity index (χ1v) is 8.39. The van der Waals surface area contributed by atoms with Crippen molar-refractivity contribution in [2.24, 2.45) is 0 Å². The van der Waals surface area contributed by atoms with Gasteiger partial charge in [-0.15, -0.1) is 8.78 Å². The summed E-state index contributed by atoms with van der Waals surface area (Å²) in [6.45, 7) is -0.643. The summed E-state index contributed by atoms with van der Waals surface area (Å²) in [6.07, 6.45) is -3.76. The van der Waals surface area contributed by atoms with E-state index >= 15 is 0 Å². The number of fused-ring (bicyclic) bond motifs is 2. The van der Waals surface area contributed by atoms with Crippen molar-refractivity contribution in [3.63, 3.8) is 0 Å². The predicted octanol–water partition coefficient (Wildman–Crippen LogP) is 3.66. The second-order valence-electron chi connectivity index (χ2n) is 6.17. The first-order chi connectivity index (χ1) is 13.8. The summed E-state index contributed by atoms with van der Waals surface area (Å²) in [7, 11) is 0. The predicted molar refractivity (Wildman–Crippen MR) is 97.2 cm³/mol. The number of hydrogen-bond acceptors (Lipinski definition) is 6. The molecule has 7 nitrogen and oxygen atoms in total. The van der Waals surface area contributed by atoms with Crippen molar-refractivity contribution in [3.8, 4) is 17.2 Å². The quantitative estimate of drug-likeness (QED) is 0.648. The number of ether oxygens (including phenoxy) is 3. The Kier molecular flexibility index (Phi) is 4.42. The number of carbonyl (C=O) groups excluding carboxylic acids is 2. The average molecular weight is 401 g/mol. The van der Waals surface area contributed by atoms with Gasteiger partial charge < -0.3 is 24.6 Å². The fraction of sp³-hybridized carbons (Fsp3) is 0.100. The second-order valence-corrected chi connectivity index (χ2v) is 6.17. The summed E-state index contributed by atoms with van der Waals surface area (Å²) in [6, 6.07) is 13.7. The molecule has 0 atom stereocenters. The van der Waals surface area contributed by atoms with Gasteiger partial charge in [-0.1, -0.05) is 24.3 Å². The topological polar surface area (TPSA) is 94.1 Å². The number of anilines is 1. The Labute approximate surface area is 162 Å². The highest BCUT2D eigenvalue weighted by Gasteiger charge is 2.43. The van der Waals surface area contributed by atoms with E-state index in [9.17, 15) is 23.5 Å². The molecule has 1 aliphatic heterocycles. The highest BCUT2D eigenvalue weighted by atomic mass is 19.3. The smallest absolute Gasteiger partial charge is 0.507 e. The molecule has 4 rings (SSSR count).